The number of aromatic nitrogens is 5. The van der Waals surface area contributed by atoms with Crippen molar-refractivity contribution in [2.75, 3.05) is 11.9 Å². The molecule has 2 aromatic heterocycles. The fourth-order valence-electron chi connectivity index (χ4n) is 4.42. The Kier molecular flexibility index (Phi) is 8.95. The van der Waals surface area contributed by atoms with Gasteiger partial charge in [-0.15, -0.1) is 10.2 Å². The molecule has 0 aliphatic rings. The number of esters is 1. The summed E-state index contributed by atoms with van der Waals surface area (Å²) in [6.45, 7) is 2.53. The molecule has 1 atom stereocenters. The standard InChI is InChI=1S/C29H21Cl3N6O6/c1-14-18(4-3-5-20(14)34-23(41)13-43-15(2)39)27-36-37-28(44-27)24(16-6-8-17(30)9-7-16)25-19(31)10-11-21(26(25)32)38-29(42)35-22(40)12-33-38/h3-12,24H,13H2,1-2H3,(H,34,41)(H,35,40,42). The van der Waals surface area contributed by atoms with Crippen LogP contribution in [0.2, 0.25) is 15.1 Å². The number of nitrogens with one attached hydrogen (secondary N) is 2. The van der Waals surface area contributed by atoms with Gasteiger partial charge in [-0.2, -0.15) is 9.78 Å². The molecule has 1 amide bonds. The third kappa shape index (κ3) is 6.42. The Labute approximate surface area is 263 Å². The minimum atomic E-state index is -0.834. The molecule has 15 heteroatoms. The summed E-state index contributed by atoms with van der Waals surface area (Å²) in [6, 6.07) is 15.0. The van der Waals surface area contributed by atoms with Crippen molar-refractivity contribution in [1.29, 1.82) is 0 Å². The molecule has 12 nitrogen and oxygen atoms in total. The highest BCUT2D eigenvalue weighted by molar-refractivity contribution is 6.37. The lowest BCUT2D eigenvalue weighted by atomic mass is 9.90. The number of nitrogens with zero attached hydrogens (tertiary/aromatic N) is 4. The lowest BCUT2D eigenvalue weighted by Crippen LogP contribution is -2.30. The van der Waals surface area contributed by atoms with Crippen molar-refractivity contribution in [1.82, 2.24) is 25.0 Å². The molecule has 0 aliphatic carbocycles. The first-order valence-corrected chi connectivity index (χ1v) is 14.0. The predicted molar refractivity (Wildman–Crippen MR) is 163 cm³/mol. The number of carbonyl (C=O) groups is 2. The Bertz CT molecular complexity index is 2000. The molecule has 0 saturated carbocycles. The number of ether oxygens (including phenoxy) is 1. The van der Waals surface area contributed by atoms with Gasteiger partial charge in [-0.3, -0.25) is 19.4 Å². The Morgan fingerprint density at radius 1 is 1.05 bits per heavy atom. The van der Waals surface area contributed by atoms with E-state index in [0.29, 0.717) is 33.0 Å². The van der Waals surface area contributed by atoms with E-state index in [0.717, 1.165) is 10.9 Å². The molecule has 224 valence electrons. The first-order chi connectivity index (χ1) is 21.0. The van der Waals surface area contributed by atoms with Gasteiger partial charge in [0.1, 0.15) is 6.20 Å². The Morgan fingerprint density at radius 3 is 2.50 bits per heavy atom. The predicted octanol–water partition coefficient (Wildman–Crippen LogP) is 4.92. The fourth-order valence-corrected chi connectivity index (χ4v) is 5.21. The van der Waals surface area contributed by atoms with Crippen LogP contribution in [0.5, 0.6) is 0 Å². The molecule has 2 N–H and O–H groups in total. The minimum Gasteiger partial charge on any atom is -0.456 e. The van der Waals surface area contributed by atoms with Gasteiger partial charge in [0.05, 0.1) is 16.6 Å². The van der Waals surface area contributed by atoms with Crippen molar-refractivity contribution in [2.24, 2.45) is 0 Å². The quantitative estimate of drug-likeness (QED) is 0.221. The molecular weight excluding hydrogens is 635 g/mol. The maximum Gasteiger partial charge on any atom is 0.349 e. The molecule has 0 aliphatic heterocycles. The zero-order chi connectivity index (χ0) is 31.5. The van der Waals surface area contributed by atoms with E-state index in [9.17, 15) is 19.2 Å². The molecule has 0 fully saturated rings. The molecule has 0 saturated heterocycles. The second kappa shape index (κ2) is 12.8. The average molecular weight is 656 g/mol. The highest BCUT2D eigenvalue weighted by atomic mass is 35.5. The largest absolute Gasteiger partial charge is 0.456 e. The molecular formula is C29H21Cl3N6O6. The Morgan fingerprint density at radius 2 is 1.80 bits per heavy atom. The van der Waals surface area contributed by atoms with Gasteiger partial charge >= 0.3 is 11.7 Å². The van der Waals surface area contributed by atoms with E-state index in [2.05, 4.69) is 25.6 Å². The van der Waals surface area contributed by atoms with Crippen molar-refractivity contribution in [3.63, 3.8) is 0 Å². The highest BCUT2D eigenvalue weighted by Gasteiger charge is 2.30. The van der Waals surface area contributed by atoms with Gasteiger partial charge in [0, 0.05) is 33.8 Å². The number of benzene rings is 3. The van der Waals surface area contributed by atoms with E-state index in [1.807, 2.05) is 0 Å². The van der Waals surface area contributed by atoms with E-state index in [1.54, 1.807) is 49.4 Å². The summed E-state index contributed by atoms with van der Waals surface area (Å²) in [6.07, 6.45) is 0.947. The second-order valence-electron chi connectivity index (χ2n) is 9.38. The van der Waals surface area contributed by atoms with Crippen LogP contribution in [0.3, 0.4) is 0 Å². The van der Waals surface area contributed by atoms with Crippen LogP contribution >= 0.6 is 34.8 Å². The third-order valence-electron chi connectivity index (χ3n) is 6.47. The summed E-state index contributed by atoms with van der Waals surface area (Å²) in [4.78, 5) is 49.6. The first kappa shape index (κ1) is 30.7. The molecule has 5 aromatic rings. The minimum absolute atomic E-state index is 0.0486. The van der Waals surface area contributed by atoms with E-state index in [4.69, 9.17) is 44.0 Å². The maximum absolute atomic E-state index is 12.5. The maximum atomic E-state index is 12.5. The number of carbonyl (C=O) groups excluding carboxylic acids is 2. The topological polar surface area (TPSA) is 162 Å². The number of rotatable bonds is 8. The summed E-state index contributed by atoms with van der Waals surface area (Å²) in [5, 5.41) is 15.9. The number of anilines is 1. The highest BCUT2D eigenvalue weighted by Crippen LogP contribution is 2.43. The molecule has 2 heterocycles. The number of hydrogen-bond donors (Lipinski definition) is 2. The van der Waals surface area contributed by atoms with Crippen LogP contribution in [0.25, 0.3) is 17.1 Å². The molecule has 0 bridgehead atoms. The Balaban J connectivity index is 1.60. The van der Waals surface area contributed by atoms with Crippen LogP contribution in [-0.2, 0) is 14.3 Å². The number of halogens is 3. The van der Waals surface area contributed by atoms with Gasteiger partial charge in [-0.1, -0.05) is 53.0 Å². The zero-order valence-corrected chi connectivity index (χ0v) is 25.2. The van der Waals surface area contributed by atoms with Gasteiger partial charge in [-0.25, -0.2) is 4.79 Å². The van der Waals surface area contributed by atoms with Crippen LogP contribution in [0, 0.1) is 6.92 Å². The second-order valence-corrected chi connectivity index (χ2v) is 10.6. The van der Waals surface area contributed by atoms with Gasteiger partial charge in [0.2, 0.25) is 11.8 Å². The number of H-pyrrole nitrogens is 1. The first-order valence-electron chi connectivity index (χ1n) is 12.8. The monoisotopic (exact) mass is 654 g/mol. The van der Waals surface area contributed by atoms with Gasteiger partial charge < -0.3 is 14.5 Å². The number of amides is 1. The summed E-state index contributed by atoms with van der Waals surface area (Å²) in [5.74, 6) is -1.69. The van der Waals surface area contributed by atoms with Crippen LogP contribution in [0.15, 0.2) is 74.8 Å². The van der Waals surface area contributed by atoms with Crippen molar-refractivity contribution < 1.29 is 18.7 Å². The van der Waals surface area contributed by atoms with Gasteiger partial charge in [0.25, 0.3) is 11.5 Å². The van der Waals surface area contributed by atoms with Crippen molar-refractivity contribution in [2.45, 2.75) is 19.8 Å². The van der Waals surface area contributed by atoms with E-state index < -0.39 is 35.7 Å². The van der Waals surface area contributed by atoms with Crippen LogP contribution < -0.4 is 16.6 Å². The van der Waals surface area contributed by atoms with E-state index in [-0.39, 0.29) is 27.5 Å². The molecule has 44 heavy (non-hydrogen) atoms. The molecule has 1 unspecified atom stereocenters. The average Bonchev–Trinajstić information content (AvgIpc) is 3.46. The molecule has 0 spiro atoms. The van der Waals surface area contributed by atoms with Gasteiger partial charge in [0.15, 0.2) is 6.61 Å². The van der Waals surface area contributed by atoms with E-state index >= 15 is 0 Å². The lowest BCUT2D eigenvalue weighted by Gasteiger charge is -2.19. The fraction of sp³-hybridized carbons (Fsp3) is 0.138. The summed E-state index contributed by atoms with van der Waals surface area (Å²) in [7, 11) is 0. The summed E-state index contributed by atoms with van der Waals surface area (Å²) >= 11 is 19.8. The summed E-state index contributed by atoms with van der Waals surface area (Å²) < 4.78 is 11.9. The van der Waals surface area contributed by atoms with Crippen LogP contribution in [0.1, 0.15) is 35.4 Å². The Hall–Kier alpha value is -4.78. The number of aromatic amines is 1. The molecule has 3 aromatic carbocycles. The third-order valence-corrected chi connectivity index (χ3v) is 7.45. The van der Waals surface area contributed by atoms with Crippen molar-refractivity contribution >= 4 is 52.4 Å². The number of hydrogen-bond acceptors (Lipinski definition) is 9. The SMILES string of the molecule is CC(=O)OCC(=O)Nc1cccc(-c2nnc(C(c3ccc(Cl)cc3)c3c(Cl)ccc(-n4ncc(=O)[nH]c4=O)c3Cl)o2)c1C. The normalized spacial score (nSPS) is 11.7. The smallest absolute Gasteiger partial charge is 0.349 e. The van der Waals surface area contributed by atoms with Crippen LogP contribution in [-0.4, -0.2) is 43.4 Å². The molecule has 0 radical (unpaired) electrons. The lowest BCUT2D eigenvalue weighted by molar-refractivity contribution is -0.144. The zero-order valence-electron chi connectivity index (χ0n) is 22.9. The van der Waals surface area contributed by atoms with E-state index in [1.165, 1.54) is 19.1 Å². The van der Waals surface area contributed by atoms with Crippen molar-refractivity contribution in [3.8, 4) is 17.1 Å². The summed E-state index contributed by atoms with van der Waals surface area (Å²) in [5.41, 5.74) is 1.23. The molecule has 5 rings (SSSR count). The van der Waals surface area contributed by atoms with Gasteiger partial charge in [-0.05, 0) is 54.4 Å². The van der Waals surface area contributed by atoms with Crippen molar-refractivity contribution in [3.05, 3.63) is 119 Å². The van der Waals surface area contributed by atoms with Crippen LogP contribution in [0.4, 0.5) is 5.69 Å².